The van der Waals surface area contributed by atoms with Crippen LogP contribution < -0.4 is 5.73 Å². The number of aryl methyl sites for hydroxylation is 1. The first-order chi connectivity index (χ1) is 10.3. The summed E-state index contributed by atoms with van der Waals surface area (Å²) >= 11 is 0. The van der Waals surface area contributed by atoms with Gasteiger partial charge < -0.3 is 10.5 Å². The molecule has 22 heavy (non-hydrogen) atoms. The van der Waals surface area contributed by atoms with E-state index in [0.717, 1.165) is 38.9 Å². The normalized spacial score (nSPS) is 17.4. The van der Waals surface area contributed by atoms with Crippen LogP contribution in [0.3, 0.4) is 0 Å². The molecule has 0 unspecified atom stereocenters. The fourth-order valence-electron chi connectivity index (χ4n) is 3.43. The summed E-state index contributed by atoms with van der Waals surface area (Å²) in [5.74, 6) is 0.600. The van der Waals surface area contributed by atoms with Crippen molar-refractivity contribution in [1.29, 1.82) is 0 Å². The lowest BCUT2D eigenvalue weighted by Crippen LogP contribution is -2.38. The van der Waals surface area contributed by atoms with Crippen LogP contribution in [0.2, 0.25) is 0 Å². The number of nitrogens with two attached hydrogens (primary N) is 1. The highest BCUT2D eigenvalue weighted by atomic mass is 16.6. The summed E-state index contributed by atoms with van der Waals surface area (Å²) in [7, 11) is 0. The minimum Gasteiger partial charge on any atom is -0.444 e. The van der Waals surface area contributed by atoms with Crippen LogP contribution in [0.5, 0.6) is 0 Å². The molecule has 0 radical (unpaired) electrons. The van der Waals surface area contributed by atoms with E-state index in [0.29, 0.717) is 5.92 Å². The molecule has 0 saturated carbocycles. The molecule has 1 aliphatic heterocycles. The summed E-state index contributed by atoms with van der Waals surface area (Å²) in [5.41, 5.74) is 7.37. The Balaban J connectivity index is 1.79. The third kappa shape index (κ3) is 5.34. The van der Waals surface area contributed by atoms with Crippen molar-refractivity contribution < 1.29 is 9.53 Å². The van der Waals surface area contributed by atoms with E-state index in [4.69, 9.17) is 10.5 Å². The van der Waals surface area contributed by atoms with Crippen molar-refractivity contribution in [2.24, 2.45) is 11.7 Å². The topological polar surface area (TPSA) is 55.6 Å². The largest absolute Gasteiger partial charge is 0.444 e. The molecular weight excluding hydrogens is 276 g/mol. The van der Waals surface area contributed by atoms with Crippen LogP contribution in [-0.2, 0) is 11.3 Å². The molecule has 0 aliphatic carbocycles. The maximum atomic E-state index is 10.9. The Morgan fingerprint density at radius 2 is 2.05 bits per heavy atom. The number of ether oxygens (including phenoxy) is 1. The molecule has 0 atom stereocenters. The smallest absolute Gasteiger partial charge is 0.405 e. The Morgan fingerprint density at radius 3 is 2.64 bits per heavy atom. The lowest BCUT2D eigenvalue weighted by molar-refractivity contribution is 0.0166. The SMILES string of the molecule is Cc1cccc(CN2CCC(CC(C)(C)OC(N)=O)CC2)c1. The zero-order valence-corrected chi connectivity index (χ0v) is 14.0. The van der Waals surface area contributed by atoms with Gasteiger partial charge in [0.2, 0.25) is 0 Å². The standard InChI is InChI=1S/C18H28N2O2/c1-14-5-4-6-16(11-14)13-20-9-7-15(8-10-20)12-18(2,3)22-17(19)21/h4-6,11,15H,7-10,12-13H2,1-3H3,(H2,19,21). The number of carbonyl (C=O) groups excluding carboxylic acids is 1. The van der Waals surface area contributed by atoms with E-state index in [1.165, 1.54) is 11.1 Å². The van der Waals surface area contributed by atoms with Gasteiger partial charge in [-0.15, -0.1) is 0 Å². The first-order valence-electron chi connectivity index (χ1n) is 8.10. The molecule has 2 rings (SSSR count). The third-order valence-electron chi connectivity index (χ3n) is 4.35. The zero-order chi connectivity index (χ0) is 16.2. The summed E-state index contributed by atoms with van der Waals surface area (Å²) in [6.45, 7) is 9.25. The Bertz CT molecular complexity index is 506. The highest BCUT2D eigenvalue weighted by Crippen LogP contribution is 2.29. The summed E-state index contributed by atoms with van der Waals surface area (Å²) in [6.07, 6.45) is 2.50. The number of hydrogen-bond acceptors (Lipinski definition) is 3. The van der Waals surface area contributed by atoms with E-state index in [2.05, 4.69) is 36.1 Å². The molecule has 1 heterocycles. The molecule has 0 aromatic heterocycles. The monoisotopic (exact) mass is 304 g/mol. The first-order valence-corrected chi connectivity index (χ1v) is 8.10. The van der Waals surface area contributed by atoms with E-state index in [1.54, 1.807) is 0 Å². The fraction of sp³-hybridized carbons (Fsp3) is 0.611. The number of rotatable bonds is 5. The molecular formula is C18H28N2O2. The maximum absolute atomic E-state index is 10.9. The predicted octanol–water partition coefficient (Wildman–Crippen LogP) is 3.47. The first kappa shape index (κ1) is 16.8. The predicted molar refractivity (Wildman–Crippen MR) is 88.5 cm³/mol. The summed E-state index contributed by atoms with van der Waals surface area (Å²) in [4.78, 5) is 13.4. The number of carbonyl (C=O) groups is 1. The van der Waals surface area contributed by atoms with Crippen LogP contribution in [-0.4, -0.2) is 29.7 Å². The number of hydrogen-bond donors (Lipinski definition) is 1. The number of likely N-dealkylation sites (tertiary alicyclic amines) is 1. The Kier molecular flexibility index (Phi) is 5.46. The summed E-state index contributed by atoms with van der Waals surface area (Å²) in [5, 5.41) is 0. The van der Waals surface area contributed by atoms with Crippen molar-refractivity contribution in [2.45, 2.75) is 52.2 Å². The van der Waals surface area contributed by atoms with Crippen molar-refractivity contribution in [2.75, 3.05) is 13.1 Å². The second kappa shape index (κ2) is 7.14. The Morgan fingerprint density at radius 1 is 1.36 bits per heavy atom. The van der Waals surface area contributed by atoms with E-state index >= 15 is 0 Å². The Labute approximate surface area is 133 Å². The third-order valence-corrected chi connectivity index (χ3v) is 4.35. The van der Waals surface area contributed by atoms with Gasteiger partial charge in [-0.25, -0.2) is 4.79 Å². The van der Waals surface area contributed by atoms with Crippen molar-refractivity contribution in [3.63, 3.8) is 0 Å². The van der Waals surface area contributed by atoms with Crippen molar-refractivity contribution in [1.82, 2.24) is 4.90 Å². The van der Waals surface area contributed by atoms with E-state index in [-0.39, 0.29) is 0 Å². The van der Waals surface area contributed by atoms with Gasteiger partial charge in [0.1, 0.15) is 5.60 Å². The fourth-order valence-corrected chi connectivity index (χ4v) is 3.43. The second-order valence-corrected chi connectivity index (χ2v) is 7.09. The minimum atomic E-state index is -0.679. The molecule has 1 aromatic carbocycles. The minimum absolute atomic E-state index is 0.463. The van der Waals surface area contributed by atoms with Gasteiger partial charge >= 0.3 is 6.09 Å². The quantitative estimate of drug-likeness (QED) is 0.906. The van der Waals surface area contributed by atoms with Crippen LogP contribution in [0.4, 0.5) is 4.79 Å². The summed E-state index contributed by atoms with van der Waals surface area (Å²) in [6, 6.07) is 8.72. The highest BCUT2D eigenvalue weighted by molar-refractivity contribution is 5.65. The van der Waals surface area contributed by atoms with Crippen LogP contribution in [0.25, 0.3) is 0 Å². The molecule has 1 fully saturated rings. The lowest BCUT2D eigenvalue weighted by Gasteiger charge is -2.35. The Hall–Kier alpha value is -1.55. The number of benzene rings is 1. The van der Waals surface area contributed by atoms with Gasteiger partial charge in [-0.05, 0) is 64.6 Å². The maximum Gasteiger partial charge on any atom is 0.405 e. The van der Waals surface area contributed by atoms with Crippen LogP contribution in [0, 0.1) is 12.8 Å². The van der Waals surface area contributed by atoms with Gasteiger partial charge in [0, 0.05) is 6.54 Å². The molecule has 1 amide bonds. The number of nitrogens with zero attached hydrogens (tertiary/aromatic N) is 1. The molecule has 4 nitrogen and oxygen atoms in total. The number of primary amides is 1. The molecule has 0 spiro atoms. The van der Waals surface area contributed by atoms with Crippen LogP contribution in [0.15, 0.2) is 24.3 Å². The van der Waals surface area contributed by atoms with Crippen molar-refractivity contribution >= 4 is 6.09 Å². The lowest BCUT2D eigenvalue weighted by atomic mass is 9.86. The average Bonchev–Trinajstić information content (AvgIpc) is 2.39. The zero-order valence-electron chi connectivity index (χ0n) is 14.0. The van der Waals surface area contributed by atoms with Gasteiger partial charge in [-0.2, -0.15) is 0 Å². The second-order valence-electron chi connectivity index (χ2n) is 7.09. The van der Waals surface area contributed by atoms with Crippen LogP contribution in [0.1, 0.15) is 44.2 Å². The van der Waals surface area contributed by atoms with Gasteiger partial charge in [-0.1, -0.05) is 29.8 Å². The molecule has 1 saturated heterocycles. The molecule has 1 aromatic rings. The average molecular weight is 304 g/mol. The molecule has 0 bridgehead atoms. The van der Waals surface area contributed by atoms with Gasteiger partial charge in [0.15, 0.2) is 0 Å². The number of piperidine rings is 1. The van der Waals surface area contributed by atoms with Crippen molar-refractivity contribution in [3.05, 3.63) is 35.4 Å². The summed E-state index contributed by atoms with van der Waals surface area (Å²) < 4.78 is 5.20. The molecule has 2 N–H and O–H groups in total. The van der Waals surface area contributed by atoms with E-state index in [1.807, 2.05) is 13.8 Å². The number of amides is 1. The molecule has 4 heteroatoms. The van der Waals surface area contributed by atoms with E-state index < -0.39 is 11.7 Å². The molecule has 122 valence electrons. The van der Waals surface area contributed by atoms with E-state index in [9.17, 15) is 4.79 Å². The van der Waals surface area contributed by atoms with Gasteiger partial charge in [0.25, 0.3) is 0 Å². The van der Waals surface area contributed by atoms with Gasteiger partial charge in [0.05, 0.1) is 0 Å². The van der Waals surface area contributed by atoms with Crippen molar-refractivity contribution in [3.8, 4) is 0 Å². The van der Waals surface area contributed by atoms with Crippen LogP contribution >= 0.6 is 0 Å². The van der Waals surface area contributed by atoms with Gasteiger partial charge in [-0.3, -0.25) is 4.90 Å². The highest BCUT2D eigenvalue weighted by Gasteiger charge is 2.29. The molecule has 1 aliphatic rings.